The lowest BCUT2D eigenvalue weighted by molar-refractivity contribution is 0.306. The predicted molar refractivity (Wildman–Crippen MR) is 92.0 cm³/mol. The van der Waals surface area contributed by atoms with Gasteiger partial charge in [0.15, 0.2) is 0 Å². The maximum absolute atomic E-state index is 5.82. The SMILES string of the molecule is CSc1ccc(OCc2ccc([Si](C)(C)C)cc2)cc1. The topological polar surface area (TPSA) is 9.23 Å². The molecule has 0 aliphatic rings. The fourth-order valence-corrected chi connectivity index (χ4v) is 3.51. The van der Waals surface area contributed by atoms with E-state index in [1.165, 1.54) is 15.6 Å². The zero-order chi connectivity index (χ0) is 14.6. The normalized spacial score (nSPS) is 11.4. The van der Waals surface area contributed by atoms with E-state index in [9.17, 15) is 0 Å². The van der Waals surface area contributed by atoms with Gasteiger partial charge in [-0.1, -0.05) is 49.1 Å². The van der Waals surface area contributed by atoms with E-state index in [1.807, 2.05) is 12.1 Å². The predicted octanol–water partition coefficient (Wildman–Crippen LogP) is 4.53. The van der Waals surface area contributed by atoms with Gasteiger partial charge in [-0.15, -0.1) is 11.8 Å². The van der Waals surface area contributed by atoms with Gasteiger partial charge in [0, 0.05) is 4.90 Å². The fourth-order valence-electron chi connectivity index (χ4n) is 1.94. The number of ether oxygens (including phenoxy) is 1. The molecule has 0 bridgehead atoms. The highest BCUT2D eigenvalue weighted by molar-refractivity contribution is 7.98. The molecule has 1 nitrogen and oxygen atoms in total. The van der Waals surface area contributed by atoms with Crippen LogP contribution in [-0.2, 0) is 6.61 Å². The summed E-state index contributed by atoms with van der Waals surface area (Å²) in [6, 6.07) is 17.1. The third-order valence-corrected chi connectivity index (χ3v) is 6.09. The molecule has 0 aliphatic carbocycles. The lowest BCUT2D eigenvalue weighted by Crippen LogP contribution is -2.37. The molecule has 0 atom stereocenters. The Kier molecular flexibility index (Phi) is 4.94. The van der Waals surface area contributed by atoms with Crippen LogP contribution in [0.2, 0.25) is 19.6 Å². The van der Waals surface area contributed by atoms with E-state index in [-0.39, 0.29) is 0 Å². The van der Waals surface area contributed by atoms with Crippen LogP contribution in [0.3, 0.4) is 0 Å². The number of rotatable bonds is 5. The van der Waals surface area contributed by atoms with Gasteiger partial charge in [0.05, 0.1) is 8.07 Å². The van der Waals surface area contributed by atoms with Crippen LogP contribution in [0, 0.1) is 0 Å². The van der Waals surface area contributed by atoms with Crippen molar-refractivity contribution < 1.29 is 4.74 Å². The molecule has 0 N–H and O–H groups in total. The molecule has 0 heterocycles. The van der Waals surface area contributed by atoms with Gasteiger partial charge in [-0.25, -0.2) is 0 Å². The van der Waals surface area contributed by atoms with Gasteiger partial charge in [-0.05, 0) is 36.1 Å². The van der Waals surface area contributed by atoms with Gasteiger partial charge < -0.3 is 4.74 Å². The van der Waals surface area contributed by atoms with Gasteiger partial charge >= 0.3 is 0 Å². The summed E-state index contributed by atoms with van der Waals surface area (Å²) in [4.78, 5) is 1.26. The molecule has 20 heavy (non-hydrogen) atoms. The summed E-state index contributed by atoms with van der Waals surface area (Å²) >= 11 is 1.74. The minimum absolute atomic E-state index is 0.630. The summed E-state index contributed by atoms with van der Waals surface area (Å²) in [6.45, 7) is 7.73. The highest BCUT2D eigenvalue weighted by Gasteiger charge is 2.15. The third-order valence-electron chi connectivity index (χ3n) is 3.28. The number of hydrogen-bond acceptors (Lipinski definition) is 2. The molecule has 2 rings (SSSR count). The van der Waals surface area contributed by atoms with Crippen molar-refractivity contribution in [2.24, 2.45) is 0 Å². The highest BCUT2D eigenvalue weighted by atomic mass is 32.2. The van der Waals surface area contributed by atoms with E-state index in [4.69, 9.17) is 4.74 Å². The van der Waals surface area contributed by atoms with Gasteiger partial charge in [0.2, 0.25) is 0 Å². The molecule has 0 saturated carbocycles. The first kappa shape index (κ1) is 15.2. The average molecular weight is 303 g/mol. The third kappa shape index (κ3) is 4.15. The number of hydrogen-bond donors (Lipinski definition) is 0. The number of thioether (sulfide) groups is 1. The van der Waals surface area contributed by atoms with Gasteiger partial charge in [0.1, 0.15) is 12.4 Å². The molecule has 2 aromatic rings. The second-order valence-corrected chi connectivity index (χ2v) is 11.9. The molecule has 0 aliphatic heterocycles. The van der Waals surface area contributed by atoms with E-state index in [1.54, 1.807) is 11.8 Å². The van der Waals surface area contributed by atoms with E-state index in [0.29, 0.717) is 6.61 Å². The van der Waals surface area contributed by atoms with Crippen LogP contribution in [0.1, 0.15) is 5.56 Å². The van der Waals surface area contributed by atoms with Crippen molar-refractivity contribution in [2.45, 2.75) is 31.1 Å². The van der Waals surface area contributed by atoms with E-state index < -0.39 is 8.07 Å². The summed E-state index contributed by atoms with van der Waals surface area (Å²) in [5.74, 6) is 0.928. The van der Waals surface area contributed by atoms with Crippen LogP contribution in [0.5, 0.6) is 5.75 Å². The molecular weight excluding hydrogens is 280 g/mol. The van der Waals surface area contributed by atoms with Crippen LogP contribution in [0.4, 0.5) is 0 Å². The Balaban J connectivity index is 1.96. The Bertz CT molecular complexity index is 541. The lowest BCUT2D eigenvalue weighted by atomic mass is 10.2. The highest BCUT2D eigenvalue weighted by Crippen LogP contribution is 2.19. The van der Waals surface area contributed by atoms with Crippen molar-refractivity contribution >= 4 is 25.0 Å². The minimum atomic E-state index is -1.20. The molecule has 2 aromatic carbocycles. The second kappa shape index (κ2) is 6.51. The van der Waals surface area contributed by atoms with Crippen LogP contribution in [-0.4, -0.2) is 14.3 Å². The van der Waals surface area contributed by atoms with Gasteiger partial charge in [-0.3, -0.25) is 0 Å². The van der Waals surface area contributed by atoms with Crippen molar-refractivity contribution in [1.82, 2.24) is 0 Å². The van der Waals surface area contributed by atoms with Crippen LogP contribution in [0.25, 0.3) is 0 Å². The van der Waals surface area contributed by atoms with Crippen molar-refractivity contribution in [2.75, 3.05) is 6.26 Å². The monoisotopic (exact) mass is 302 g/mol. The summed E-state index contributed by atoms with van der Waals surface area (Å²) in [7, 11) is -1.20. The zero-order valence-electron chi connectivity index (χ0n) is 12.6. The molecular formula is C17H22OSSi. The Morgan fingerprint density at radius 2 is 1.50 bits per heavy atom. The fraction of sp³-hybridized carbons (Fsp3) is 0.294. The Hall–Kier alpha value is -1.19. The van der Waals surface area contributed by atoms with E-state index >= 15 is 0 Å². The van der Waals surface area contributed by atoms with E-state index in [0.717, 1.165) is 5.75 Å². The molecule has 3 heteroatoms. The van der Waals surface area contributed by atoms with E-state index in [2.05, 4.69) is 62.3 Å². The average Bonchev–Trinajstić information content (AvgIpc) is 2.45. The molecule has 0 spiro atoms. The molecule has 0 aromatic heterocycles. The summed E-state index contributed by atoms with van der Waals surface area (Å²) < 4.78 is 5.82. The van der Waals surface area contributed by atoms with Crippen molar-refractivity contribution in [3.63, 3.8) is 0 Å². The maximum atomic E-state index is 5.82. The molecule has 0 fully saturated rings. The largest absolute Gasteiger partial charge is 0.489 e. The lowest BCUT2D eigenvalue weighted by Gasteiger charge is -2.16. The Morgan fingerprint density at radius 1 is 0.900 bits per heavy atom. The quantitative estimate of drug-likeness (QED) is 0.592. The number of benzene rings is 2. The summed E-state index contributed by atoms with van der Waals surface area (Å²) in [6.07, 6.45) is 2.08. The molecule has 0 saturated heterocycles. The van der Waals surface area contributed by atoms with Crippen LogP contribution >= 0.6 is 11.8 Å². The van der Waals surface area contributed by atoms with Crippen LogP contribution < -0.4 is 9.92 Å². The smallest absolute Gasteiger partial charge is 0.119 e. The van der Waals surface area contributed by atoms with Crippen molar-refractivity contribution in [3.8, 4) is 5.75 Å². The first-order chi connectivity index (χ1) is 9.49. The molecule has 106 valence electrons. The summed E-state index contributed by atoms with van der Waals surface area (Å²) in [5.41, 5.74) is 1.22. The van der Waals surface area contributed by atoms with Crippen molar-refractivity contribution in [1.29, 1.82) is 0 Å². The molecule has 0 radical (unpaired) electrons. The Labute approximate surface area is 127 Å². The maximum Gasteiger partial charge on any atom is 0.119 e. The summed E-state index contributed by atoms with van der Waals surface area (Å²) in [5, 5.41) is 1.49. The van der Waals surface area contributed by atoms with Crippen LogP contribution in [0.15, 0.2) is 53.4 Å². The van der Waals surface area contributed by atoms with Gasteiger partial charge in [0.25, 0.3) is 0 Å². The van der Waals surface area contributed by atoms with Gasteiger partial charge in [-0.2, -0.15) is 0 Å². The first-order valence-corrected chi connectivity index (χ1v) is 11.6. The zero-order valence-corrected chi connectivity index (χ0v) is 14.5. The second-order valence-electron chi connectivity index (χ2n) is 5.91. The first-order valence-electron chi connectivity index (χ1n) is 6.85. The van der Waals surface area contributed by atoms with Crippen molar-refractivity contribution in [3.05, 3.63) is 54.1 Å². The standard InChI is InChI=1S/C17H22OSSi/c1-19-16-9-7-15(8-10-16)18-13-14-5-11-17(12-6-14)20(2,3)4/h5-12H,13H2,1-4H3. The Morgan fingerprint density at radius 3 is 2.00 bits per heavy atom. The minimum Gasteiger partial charge on any atom is -0.489 e. The molecule has 0 amide bonds. The molecule has 0 unspecified atom stereocenters.